The van der Waals surface area contributed by atoms with E-state index in [9.17, 15) is 4.79 Å². The van der Waals surface area contributed by atoms with Crippen LogP contribution >= 0.6 is 0 Å². The van der Waals surface area contributed by atoms with Crippen LogP contribution in [0.25, 0.3) is 0 Å². The molecular formula is C21H27N3O2. The maximum Gasteiger partial charge on any atom is 0.291 e. The Labute approximate surface area is 155 Å². The molecule has 1 unspecified atom stereocenters. The fourth-order valence-electron chi connectivity index (χ4n) is 4.53. The number of rotatable bonds is 4. The molecule has 1 atom stereocenters. The zero-order chi connectivity index (χ0) is 18.0. The average Bonchev–Trinajstić information content (AvgIpc) is 3.27. The molecule has 138 valence electrons. The molecule has 0 saturated carbocycles. The van der Waals surface area contributed by atoms with Gasteiger partial charge in [0.2, 0.25) is 5.76 Å². The van der Waals surface area contributed by atoms with Gasteiger partial charge in [-0.3, -0.25) is 4.79 Å². The lowest BCUT2D eigenvalue weighted by atomic mass is 9.79. The minimum Gasteiger partial charge on any atom is -0.438 e. The number of nitrogens with zero attached hydrogens (tertiary/aromatic N) is 3. The Morgan fingerprint density at radius 2 is 2.04 bits per heavy atom. The van der Waals surface area contributed by atoms with Gasteiger partial charge in [-0.2, -0.15) is 0 Å². The van der Waals surface area contributed by atoms with Crippen molar-refractivity contribution in [3.05, 3.63) is 53.7 Å². The maximum atomic E-state index is 12.7. The maximum absolute atomic E-state index is 12.7. The molecule has 26 heavy (non-hydrogen) atoms. The van der Waals surface area contributed by atoms with E-state index in [4.69, 9.17) is 4.42 Å². The van der Waals surface area contributed by atoms with Crippen molar-refractivity contribution in [2.24, 2.45) is 5.41 Å². The summed E-state index contributed by atoms with van der Waals surface area (Å²) in [7, 11) is 0. The first-order valence-corrected chi connectivity index (χ1v) is 9.61. The van der Waals surface area contributed by atoms with Gasteiger partial charge in [-0.25, -0.2) is 4.98 Å². The number of likely N-dealkylation sites (tertiary alicyclic amines) is 2. The number of hydrogen-bond donors (Lipinski definition) is 0. The first kappa shape index (κ1) is 17.3. The Bertz CT molecular complexity index is 758. The second-order valence-electron chi connectivity index (χ2n) is 7.86. The van der Waals surface area contributed by atoms with Crippen molar-refractivity contribution in [2.75, 3.05) is 32.7 Å². The van der Waals surface area contributed by atoms with Gasteiger partial charge >= 0.3 is 0 Å². The summed E-state index contributed by atoms with van der Waals surface area (Å²) in [5.41, 5.74) is 2.33. The largest absolute Gasteiger partial charge is 0.438 e. The monoisotopic (exact) mass is 353 g/mol. The van der Waals surface area contributed by atoms with Gasteiger partial charge in [-0.1, -0.05) is 30.3 Å². The van der Waals surface area contributed by atoms with Gasteiger partial charge in [0.25, 0.3) is 5.91 Å². The molecular weight excluding hydrogens is 326 g/mol. The van der Waals surface area contributed by atoms with E-state index >= 15 is 0 Å². The lowest BCUT2D eigenvalue weighted by Gasteiger charge is -2.40. The normalized spacial score (nSPS) is 23.7. The van der Waals surface area contributed by atoms with E-state index in [1.807, 2.05) is 11.8 Å². The zero-order valence-electron chi connectivity index (χ0n) is 15.5. The molecule has 0 aliphatic carbocycles. The predicted octanol–water partition coefficient (Wildman–Crippen LogP) is 3.15. The first-order valence-electron chi connectivity index (χ1n) is 9.61. The first-order chi connectivity index (χ1) is 12.7. The van der Waals surface area contributed by atoms with Crippen molar-refractivity contribution >= 4 is 5.91 Å². The molecule has 1 spiro atoms. The molecule has 2 aromatic rings. The smallest absolute Gasteiger partial charge is 0.291 e. The second kappa shape index (κ2) is 7.23. The summed E-state index contributed by atoms with van der Waals surface area (Å²) >= 11 is 0. The lowest BCUT2D eigenvalue weighted by Crippen LogP contribution is -2.46. The highest BCUT2D eigenvalue weighted by Crippen LogP contribution is 2.39. The van der Waals surface area contributed by atoms with Gasteiger partial charge in [0.1, 0.15) is 0 Å². The molecule has 1 aromatic carbocycles. The minimum atomic E-state index is -0.00159. The van der Waals surface area contributed by atoms with Gasteiger partial charge in [-0.05, 0) is 44.7 Å². The molecule has 2 aliphatic heterocycles. The summed E-state index contributed by atoms with van der Waals surface area (Å²) in [5.74, 6) is 0.400. The number of carbonyl (C=O) groups excluding carboxylic acids is 1. The predicted molar refractivity (Wildman–Crippen MR) is 100 cm³/mol. The molecule has 5 nitrogen and oxygen atoms in total. The third-order valence-corrected chi connectivity index (χ3v) is 5.97. The van der Waals surface area contributed by atoms with Crippen LogP contribution in [-0.4, -0.2) is 53.4 Å². The van der Waals surface area contributed by atoms with E-state index in [0.717, 1.165) is 39.0 Å². The molecule has 4 rings (SSSR count). The highest BCUT2D eigenvalue weighted by Gasteiger charge is 2.43. The van der Waals surface area contributed by atoms with Crippen molar-refractivity contribution in [2.45, 2.75) is 32.6 Å². The standard InChI is InChI=1S/C21H27N3O2/c1-17-19(26-16-22-17)20(25)24-13-10-21(15-24)9-5-11-23(14-21)12-8-18-6-3-2-4-7-18/h2-4,6-7,16H,5,8-15H2,1H3. The van der Waals surface area contributed by atoms with E-state index in [1.54, 1.807) is 0 Å². The molecule has 0 bridgehead atoms. The highest BCUT2D eigenvalue weighted by atomic mass is 16.3. The number of piperidine rings is 1. The molecule has 2 fully saturated rings. The molecule has 5 heteroatoms. The van der Waals surface area contributed by atoms with Crippen LogP contribution in [0.5, 0.6) is 0 Å². The Kier molecular flexibility index (Phi) is 4.81. The zero-order valence-corrected chi connectivity index (χ0v) is 15.5. The van der Waals surface area contributed by atoms with Crippen molar-refractivity contribution in [1.82, 2.24) is 14.8 Å². The number of benzene rings is 1. The third-order valence-electron chi connectivity index (χ3n) is 5.97. The van der Waals surface area contributed by atoms with Gasteiger partial charge in [0, 0.05) is 31.6 Å². The van der Waals surface area contributed by atoms with E-state index in [1.165, 1.54) is 31.3 Å². The number of oxazole rings is 1. The number of hydrogen-bond acceptors (Lipinski definition) is 4. The van der Waals surface area contributed by atoms with Crippen molar-refractivity contribution < 1.29 is 9.21 Å². The minimum absolute atomic E-state index is 0.00159. The fraction of sp³-hybridized carbons (Fsp3) is 0.524. The average molecular weight is 353 g/mol. The van der Waals surface area contributed by atoms with Crippen LogP contribution in [0.3, 0.4) is 0 Å². The van der Waals surface area contributed by atoms with E-state index < -0.39 is 0 Å². The summed E-state index contributed by atoms with van der Waals surface area (Å²) in [5, 5.41) is 0. The fourth-order valence-corrected chi connectivity index (χ4v) is 4.53. The van der Waals surface area contributed by atoms with Gasteiger partial charge in [-0.15, -0.1) is 0 Å². The molecule has 0 N–H and O–H groups in total. The molecule has 1 amide bonds. The van der Waals surface area contributed by atoms with Crippen LogP contribution in [0, 0.1) is 12.3 Å². The van der Waals surface area contributed by atoms with Gasteiger partial charge in [0.05, 0.1) is 5.69 Å². The van der Waals surface area contributed by atoms with Crippen LogP contribution in [-0.2, 0) is 6.42 Å². The lowest BCUT2D eigenvalue weighted by molar-refractivity contribution is 0.0665. The quantitative estimate of drug-likeness (QED) is 0.847. The number of aromatic nitrogens is 1. The Morgan fingerprint density at radius 3 is 2.81 bits per heavy atom. The summed E-state index contributed by atoms with van der Waals surface area (Å²) in [6.07, 6.45) is 5.98. The van der Waals surface area contributed by atoms with Crippen molar-refractivity contribution in [3.63, 3.8) is 0 Å². The van der Waals surface area contributed by atoms with Crippen LogP contribution in [0.1, 0.15) is 41.1 Å². The molecule has 0 radical (unpaired) electrons. The summed E-state index contributed by atoms with van der Waals surface area (Å²) in [6, 6.07) is 10.7. The third kappa shape index (κ3) is 3.54. The number of aryl methyl sites for hydroxylation is 1. The Balaban J connectivity index is 1.36. The molecule has 1 aromatic heterocycles. The Morgan fingerprint density at radius 1 is 1.19 bits per heavy atom. The summed E-state index contributed by atoms with van der Waals surface area (Å²) in [4.78, 5) is 21.3. The van der Waals surface area contributed by atoms with Crippen LogP contribution in [0.2, 0.25) is 0 Å². The Hall–Kier alpha value is -2.14. The van der Waals surface area contributed by atoms with E-state index in [0.29, 0.717) is 11.5 Å². The van der Waals surface area contributed by atoms with E-state index in [-0.39, 0.29) is 11.3 Å². The highest BCUT2D eigenvalue weighted by molar-refractivity contribution is 5.92. The van der Waals surface area contributed by atoms with E-state index in [2.05, 4.69) is 40.2 Å². The van der Waals surface area contributed by atoms with Crippen molar-refractivity contribution in [1.29, 1.82) is 0 Å². The topological polar surface area (TPSA) is 49.6 Å². The van der Waals surface area contributed by atoms with Crippen LogP contribution in [0.4, 0.5) is 0 Å². The van der Waals surface area contributed by atoms with Crippen LogP contribution in [0.15, 0.2) is 41.1 Å². The molecule has 2 aliphatic rings. The summed E-state index contributed by atoms with van der Waals surface area (Å²) in [6.45, 7) is 6.86. The number of amides is 1. The SMILES string of the molecule is Cc1ncoc1C(=O)N1CCC2(CCCN(CCc3ccccc3)C2)C1. The molecule has 2 saturated heterocycles. The number of carbonyl (C=O) groups is 1. The second-order valence-corrected chi connectivity index (χ2v) is 7.86. The van der Waals surface area contributed by atoms with Crippen molar-refractivity contribution in [3.8, 4) is 0 Å². The van der Waals surface area contributed by atoms with Gasteiger partial charge < -0.3 is 14.2 Å². The van der Waals surface area contributed by atoms with Gasteiger partial charge in [0.15, 0.2) is 6.39 Å². The molecule has 3 heterocycles. The summed E-state index contributed by atoms with van der Waals surface area (Å²) < 4.78 is 5.31. The van der Waals surface area contributed by atoms with Crippen LogP contribution < -0.4 is 0 Å².